The topological polar surface area (TPSA) is 21.3 Å². The van der Waals surface area contributed by atoms with E-state index in [9.17, 15) is 0 Å². The number of thiophene rings is 1. The first-order chi connectivity index (χ1) is 6.83. The molecule has 14 heavy (non-hydrogen) atoms. The summed E-state index contributed by atoms with van der Waals surface area (Å²) in [6.07, 6.45) is 1.16. The Morgan fingerprint density at radius 1 is 1.71 bits per heavy atom. The second-order valence-electron chi connectivity index (χ2n) is 3.34. The third kappa shape index (κ3) is 1.96. The number of hydrogen-bond acceptors (Lipinski definition) is 3. The zero-order valence-electron chi connectivity index (χ0n) is 8.18. The highest BCUT2D eigenvalue weighted by Gasteiger charge is 2.23. The van der Waals surface area contributed by atoms with Crippen molar-refractivity contribution in [1.29, 1.82) is 0 Å². The van der Waals surface area contributed by atoms with Gasteiger partial charge in [0.15, 0.2) is 0 Å². The molecule has 0 saturated heterocycles. The average molecular weight is 232 g/mol. The van der Waals surface area contributed by atoms with E-state index in [1.807, 2.05) is 5.38 Å². The van der Waals surface area contributed by atoms with Crippen molar-refractivity contribution >= 4 is 22.9 Å². The van der Waals surface area contributed by atoms with Crippen molar-refractivity contribution in [2.75, 3.05) is 19.7 Å². The predicted octanol–water partition coefficient (Wildman–Crippen LogP) is 2.62. The van der Waals surface area contributed by atoms with E-state index in [0.717, 1.165) is 31.1 Å². The number of likely N-dealkylation sites (N-methyl/N-ethyl adjacent to an activating group) is 1. The first kappa shape index (κ1) is 10.4. The van der Waals surface area contributed by atoms with Gasteiger partial charge in [-0.25, -0.2) is 0 Å². The Kier molecular flexibility index (Phi) is 3.44. The van der Waals surface area contributed by atoms with Gasteiger partial charge in [0.05, 0.1) is 11.6 Å². The first-order valence-electron chi connectivity index (χ1n) is 4.91. The molecular formula is C10H14ClNOS. The molecule has 0 amide bonds. The van der Waals surface area contributed by atoms with Crippen LogP contribution in [0, 0.1) is 0 Å². The van der Waals surface area contributed by atoms with Crippen LogP contribution in [-0.4, -0.2) is 19.7 Å². The van der Waals surface area contributed by atoms with Crippen LogP contribution in [0.25, 0.3) is 0 Å². The minimum Gasteiger partial charge on any atom is -0.371 e. The van der Waals surface area contributed by atoms with Crippen LogP contribution in [0.3, 0.4) is 0 Å². The lowest BCUT2D eigenvalue weighted by Crippen LogP contribution is -2.26. The SMILES string of the molecule is CCNCC1OCCc2c(Cl)csc21. The zero-order valence-corrected chi connectivity index (χ0v) is 9.75. The number of hydrogen-bond donors (Lipinski definition) is 1. The minimum absolute atomic E-state index is 0.205. The Bertz CT molecular complexity index is 313. The molecule has 1 N–H and O–H groups in total. The molecule has 1 aliphatic rings. The molecule has 0 spiro atoms. The molecule has 0 fully saturated rings. The van der Waals surface area contributed by atoms with Gasteiger partial charge in [0.1, 0.15) is 6.10 Å². The smallest absolute Gasteiger partial charge is 0.104 e. The van der Waals surface area contributed by atoms with Crippen LogP contribution in [0.5, 0.6) is 0 Å². The molecule has 2 nitrogen and oxygen atoms in total. The molecule has 0 aromatic carbocycles. The van der Waals surface area contributed by atoms with Gasteiger partial charge in [0.25, 0.3) is 0 Å². The molecule has 2 rings (SSSR count). The molecule has 1 unspecified atom stereocenters. The van der Waals surface area contributed by atoms with Crippen molar-refractivity contribution in [2.24, 2.45) is 0 Å². The third-order valence-electron chi connectivity index (χ3n) is 2.42. The zero-order chi connectivity index (χ0) is 9.97. The Labute approximate surface area is 93.2 Å². The highest BCUT2D eigenvalue weighted by Crippen LogP contribution is 2.36. The van der Waals surface area contributed by atoms with E-state index in [0.29, 0.717) is 0 Å². The number of rotatable bonds is 3. The molecule has 1 aromatic rings. The Balaban J connectivity index is 2.14. The molecule has 2 heterocycles. The van der Waals surface area contributed by atoms with Crippen LogP contribution >= 0.6 is 22.9 Å². The van der Waals surface area contributed by atoms with Gasteiger partial charge in [-0.05, 0) is 18.5 Å². The van der Waals surface area contributed by atoms with Crippen molar-refractivity contribution in [3.05, 3.63) is 20.8 Å². The van der Waals surface area contributed by atoms with E-state index in [-0.39, 0.29) is 6.10 Å². The first-order valence-corrected chi connectivity index (χ1v) is 6.16. The summed E-state index contributed by atoms with van der Waals surface area (Å²) in [5, 5.41) is 6.23. The van der Waals surface area contributed by atoms with E-state index in [1.54, 1.807) is 11.3 Å². The monoisotopic (exact) mass is 231 g/mol. The lowest BCUT2D eigenvalue weighted by Gasteiger charge is -2.23. The summed E-state index contributed by atoms with van der Waals surface area (Å²) < 4.78 is 5.71. The fraction of sp³-hybridized carbons (Fsp3) is 0.600. The van der Waals surface area contributed by atoms with E-state index in [4.69, 9.17) is 16.3 Å². The van der Waals surface area contributed by atoms with Gasteiger partial charge in [-0.1, -0.05) is 18.5 Å². The van der Waals surface area contributed by atoms with E-state index in [2.05, 4.69) is 12.2 Å². The molecule has 0 bridgehead atoms. The van der Waals surface area contributed by atoms with Crippen LogP contribution in [0.2, 0.25) is 5.02 Å². The largest absolute Gasteiger partial charge is 0.371 e. The number of fused-ring (bicyclic) bond motifs is 1. The van der Waals surface area contributed by atoms with Gasteiger partial charge in [-0.2, -0.15) is 0 Å². The van der Waals surface area contributed by atoms with Crippen molar-refractivity contribution in [2.45, 2.75) is 19.4 Å². The van der Waals surface area contributed by atoms with Crippen LogP contribution in [-0.2, 0) is 11.2 Å². The quantitative estimate of drug-likeness (QED) is 0.864. The number of halogens is 1. The van der Waals surface area contributed by atoms with Crippen molar-refractivity contribution in [3.8, 4) is 0 Å². The lowest BCUT2D eigenvalue weighted by atomic mass is 10.1. The summed E-state index contributed by atoms with van der Waals surface area (Å²) in [5.74, 6) is 0. The fourth-order valence-corrected chi connectivity index (χ4v) is 3.11. The lowest BCUT2D eigenvalue weighted by molar-refractivity contribution is 0.0460. The normalized spacial score (nSPS) is 20.9. The molecule has 0 saturated carbocycles. The van der Waals surface area contributed by atoms with Gasteiger partial charge in [-0.3, -0.25) is 0 Å². The van der Waals surface area contributed by atoms with Gasteiger partial charge in [0.2, 0.25) is 0 Å². The van der Waals surface area contributed by atoms with Gasteiger partial charge in [0, 0.05) is 16.8 Å². The predicted molar refractivity (Wildman–Crippen MR) is 60.3 cm³/mol. The summed E-state index contributed by atoms with van der Waals surface area (Å²) in [6, 6.07) is 0. The van der Waals surface area contributed by atoms with Crippen LogP contribution < -0.4 is 5.32 Å². The van der Waals surface area contributed by atoms with Gasteiger partial charge in [-0.15, -0.1) is 11.3 Å². The Hall–Kier alpha value is -0.0900. The molecule has 4 heteroatoms. The highest BCUT2D eigenvalue weighted by atomic mass is 35.5. The maximum Gasteiger partial charge on any atom is 0.104 e. The highest BCUT2D eigenvalue weighted by molar-refractivity contribution is 7.10. The van der Waals surface area contributed by atoms with Crippen LogP contribution in [0.4, 0.5) is 0 Å². The summed E-state index contributed by atoms with van der Waals surface area (Å²) in [4.78, 5) is 1.31. The Morgan fingerprint density at radius 3 is 3.36 bits per heavy atom. The van der Waals surface area contributed by atoms with Crippen molar-refractivity contribution in [3.63, 3.8) is 0 Å². The third-order valence-corrected chi connectivity index (χ3v) is 4.00. The number of nitrogens with one attached hydrogen (secondary N) is 1. The van der Waals surface area contributed by atoms with E-state index >= 15 is 0 Å². The summed E-state index contributed by atoms with van der Waals surface area (Å²) >= 11 is 7.81. The molecular weight excluding hydrogens is 218 g/mol. The molecule has 0 aliphatic carbocycles. The fourth-order valence-electron chi connectivity index (χ4n) is 1.69. The molecule has 1 aliphatic heterocycles. The Morgan fingerprint density at radius 2 is 2.57 bits per heavy atom. The maximum absolute atomic E-state index is 6.09. The summed E-state index contributed by atoms with van der Waals surface area (Å²) in [7, 11) is 0. The molecule has 1 aromatic heterocycles. The molecule has 78 valence electrons. The standard InChI is InChI=1S/C10H14ClNOS/c1-2-12-5-9-10-7(3-4-13-9)8(11)6-14-10/h6,9,12H,2-5H2,1H3. The second kappa shape index (κ2) is 4.62. The van der Waals surface area contributed by atoms with Crippen LogP contribution in [0.1, 0.15) is 23.5 Å². The van der Waals surface area contributed by atoms with Gasteiger partial charge >= 0.3 is 0 Å². The molecule has 0 radical (unpaired) electrons. The average Bonchev–Trinajstić information content (AvgIpc) is 2.58. The van der Waals surface area contributed by atoms with Gasteiger partial charge < -0.3 is 10.1 Å². The van der Waals surface area contributed by atoms with E-state index < -0.39 is 0 Å². The summed E-state index contributed by atoms with van der Waals surface area (Å²) in [6.45, 7) is 4.76. The van der Waals surface area contributed by atoms with E-state index in [1.165, 1.54) is 10.4 Å². The maximum atomic E-state index is 6.09. The molecule has 1 atom stereocenters. The second-order valence-corrected chi connectivity index (χ2v) is 4.66. The van der Waals surface area contributed by atoms with Crippen molar-refractivity contribution in [1.82, 2.24) is 5.32 Å². The minimum atomic E-state index is 0.205. The number of ether oxygens (including phenoxy) is 1. The summed E-state index contributed by atoms with van der Waals surface area (Å²) in [5.41, 5.74) is 1.30. The van der Waals surface area contributed by atoms with Crippen LogP contribution in [0.15, 0.2) is 5.38 Å². The van der Waals surface area contributed by atoms with Crippen molar-refractivity contribution < 1.29 is 4.74 Å².